The average molecular weight is 254 g/mol. The van der Waals surface area contributed by atoms with Crippen molar-refractivity contribution in [1.82, 2.24) is 10.6 Å². The SMILES string of the molecule is CC1(C(=O)NC2CCCC2C(=O)O)CCCCN1. The van der Waals surface area contributed by atoms with Gasteiger partial charge in [-0.2, -0.15) is 0 Å². The highest BCUT2D eigenvalue weighted by Gasteiger charge is 2.39. The lowest BCUT2D eigenvalue weighted by molar-refractivity contribution is -0.142. The van der Waals surface area contributed by atoms with E-state index in [0.29, 0.717) is 6.42 Å². The number of aliphatic carboxylic acids is 1. The molecule has 1 saturated carbocycles. The number of rotatable bonds is 3. The molecule has 2 aliphatic rings. The van der Waals surface area contributed by atoms with Crippen LogP contribution in [0.5, 0.6) is 0 Å². The summed E-state index contributed by atoms with van der Waals surface area (Å²) < 4.78 is 0. The Balaban J connectivity index is 1.96. The molecule has 1 heterocycles. The van der Waals surface area contributed by atoms with Crippen LogP contribution in [0.2, 0.25) is 0 Å². The minimum Gasteiger partial charge on any atom is -0.481 e. The first-order valence-electron chi connectivity index (χ1n) is 6.82. The van der Waals surface area contributed by atoms with Crippen LogP contribution in [0.25, 0.3) is 0 Å². The van der Waals surface area contributed by atoms with Gasteiger partial charge in [-0.25, -0.2) is 0 Å². The summed E-state index contributed by atoms with van der Waals surface area (Å²) in [5.41, 5.74) is -0.524. The molecule has 0 aromatic carbocycles. The van der Waals surface area contributed by atoms with Crippen molar-refractivity contribution in [2.24, 2.45) is 5.92 Å². The van der Waals surface area contributed by atoms with Crippen molar-refractivity contribution >= 4 is 11.9 Å². The Labute approximate surface area is 107 Å². The van der Waals surface area contributed by atoms with E-state index < -0.39 is 17.4 Å². The van der Waals surface area contributed by atoms with Crippen LogP contribution in [0.4, 0.5) is 0 Å². The van der Waals surface area contributed by atoms with E-state index in [1.54, 1.807) is 0 Å². The van der Waals surface area contributed by atoms with Crippen LogP contribution in [0, 0.1) is 5.92 Å². The smallest absolute Gasteiger partial charge is 0.308 e. The molecule has 0 radical (unpaired) electrons. The van der Waals surface area contributed by atoms with Gasteiger partial charge in [-0.3, -0.25) is 9.59 Å². The predicted octanol–water partition coefficient (Wildman–Crippen LogP) is 0.888. The van der Waals surface area contributed by atoms with Crippen LogP contribution in [-0.4, -0.2) is 35.1 Å². The highest BCUT2D eigenvalue weighted by molar-refractivity contribution is 5.87. The second-order valence-electron chi connectivity index (χ2n) is 5.67. The van der Waals surface area contributed by atoms with Gasteiger partial charge in [0, 0.05) is 6.04 Å². The minimum absolute atomic E-state index is 0.0413. The number of carboxylic acids is 1. The number of hydrogen-bond donors (Lipinski definition) is 3. The number of nitrogens with one attached hydrogen (secondary N) is 2. The lowest BCUT2D eigenvalue weighted by Crippen LogP contribution is -2.59. The fourth-order valence-electron chi connectivity index (χ4n) is 3.01. The zero-order valence-corrected chi connectivity index (χ0v) is 10.9. The summed E-state index contributed by atoms with van der Waals surface area (Å²) in [4.78, 5) is 23.4. The van der Waals surface area contributed by atoms with E-state index in [-0.39, 0.29) is 11.9 Å². The van der Waals surface area contributed by atoms with Gasteiger partial charge < -0.3 is 15.7 Å². The third-order valence-electron chi connectivity index (χ3n) is 4.27. The molecular weight excluding hydrogens is 232 g/mol. The highest BCUT2D eigenvalue weighted by Crippen LogP contribution is 2.27. The van der Waals surface area contributed by atoms with E-state index in [4.69, 9.17) is 5.11 Å². The Morgan fingerprint density at radius 2 is 2.06 bits per heavy atom. The van der Waals surface area contributed by atoms with Crippen molar-refractivity contribution in [1.29, 1.82) is 0 Å². The third-order valence-corrected chi connectivity index (χ3v) is 4.27. The number of hydrogen-bond acceptors (Lipinski definition) is 3. The van der Waals surface area contributed by atoms with E-state index in [0.717, 1.165) is 38.6 Å². The lowest BCUT2D eigenvalue weighted by atomic mass is 9.89. The first-order valence-corrected chi connectivity index (χ1v) is 6.82. The Morgan fingerprint density at radius 1 is 1.28 bits per heavy atom. The number of piperidine rings is 1. The van der Waals surface area contributed by atoms with Gasteiger partial charge in [0.15, 0.2) is 0 Å². The predicted molar refractivity (Wildman–Crippen MR) is 67.2 cm³/mol. The normalized spacial score (nSPS) is 36.3. The van der Waals surface area contributed by atoms with Gasteiger partial charge in [0.1, 0.15) is 0 Å². The van der Waals surface area contributed by atoms with E-state index in [1.165, 1.54) is 0 Å². The standard InChI is InChI=1S/C13H22N2O3/c1-13(7-2-3-8-14-13)12(18)15-10-6-4-5-9(10)11(16)17/h9-10,14H,2-8H2,1H3,(H,15,18)(H,16,17). The molecule has 2 fully saturated rings. The molecular formula is C13H22N2O3. The largest absolute Gasteiger partial charge is 0.481 e. The molecule has 3 atom stereocenters. The first-order chi connectivity index (χ1) is 8.53. The van der Waals surface area contributed by atoms with Crippen molar-refractivity contribution in [3.05, 3.63) is 0 Å². The van der Waals surface area contributed by atoms with Crippen molar-refractivity contribution < 1.29 is 14.7 Å². The summed E-state index contributed by atoms with van der Waals surface area (Å²) >= 11 is 0. The summed E-state index contributed by atoms with van der Waals surface area (Å²) in [6.45, 7) is 2.77. The molecule has 2 rings (SSSR count). The van der Waals surface area contributed by atoms with Crippen LogP contribution >= 0.6 is 0 Å². The van der Waals surface area contributed by atoms with Crippen LogP contribution in [-0.2, 0) is 9.59 Å². The molecule has 5 heteroatoms. The number of carbonyl (C=O) groups is 2. The van der Waals surface area contributed by atoms with Gasteiger partial charge in [-0.1, -0.05) is 6.42 Å². The van der Waals surface area contributed by atoms with Gasteiger partial charge >= 0.3 is 5.97 Å². The van der Waals surface area contributed by atoms with Gasteiger partial charge in [0.05, 0.1) is 11.5 Å². The molecule has 1 aliphatic heterocycles. The maximum atomic E-state index is 12.3. The fraction of sp³-hybridized carbons (Fsp3) is 0.846. The molecule has 1 amide bonds. The maximum absolute atomic E-state index is 12.3. The van der Waals surface area contributed by atoms with Crippen LogP contribution in [0.3, 0.4) is 0 Å². The lowest BCUT2D eigenvalue weighted by Gasteiger charge is -2.35. The van der Waals surface area contributed by atoms with Crippen molar-refractivity contribution in [2.75, 3.05) is 6.54 Å². The van der Waals surface area contributed by atoms with Crippen LogP contribution in [0.1, 0.15) is 45.4 Å². The van der Waals surface area contributed by atoms with Crippen molar-refractivity contribution in [3.8, 4) is 0 Å². The van der Waals surface area contributed by atoms with E-state index in [9.17, 15) is 9.59 Å². The van der Waals surface area contributed by atoms with Gasteiger partial charge in [0.25, 0.3) is 0 Å². The van der Waals surface area contributed by atoms with Crippen molar-refractivity contribution in [2.45, 2.75) is 57.0 Å². The van der Waals surface area contributed by atoms with E-state index in [1.807, 2.05) is 6.92 Å². The van der Waals surface area contributed by atoms with Gasteiger partial charge in [-0.05, 0) is 45.6 Å². The average Bonchev–Trinajstić information content (AvgIpc) is 2.78. The van der Waals surface area contributed by atoms with E-state index in [2.05, 4.69) is 10.6 Å². The monoisotopic (exact) mass is 254 g/mol. The summed E-state index contributed by atoms with van der Waals surface area (Å²) in [5, 5.41) is 15.3. The maximum Gasteiger partial charge on any atom is 0.308 e. The van der Waals surface area contributed by atoms with Crippen LogP contribution < -0.4 is 10.6 Å². The summed E-state index contributed by atoms with van der Waals surface area (Å²) in [6.07, 6.45) is 5.30. The molecule has 0 spiro atoms. The molecule has 3 N–H and O–H groups in total. The Bertz CT molecular complexity index is 337. The van der Waals surface area contributed by atoms with Gasteiger partial charge in [0.2, 0.25) is 5.91 Å². The highest BCUT2D eigenvalue weighted by atomic mass is 16.4. The molecule has 0 bridgehead atoms. The molecule has 0 aromatic heterocycles. The molecule has 102 valence electrons. The number of carbonyl (C=O) groups excluding carboxylic acids is 1. The topological polar surface area (TPSA) is 78.4 Å². The molecule has 5 nitrogen and oxygen atoms in total. The molecule has 1 aliphatic carbocycles. The quantitative estimate of drug-likeness (QED) is 0.699. The van der Waals surface area contributed by atoms with Gasteiger partial charge in [-0.15, -0.1) is 0 Å². The van der Waals surface area contributed by atoms with Crippen molar-refractivity contribution in [3.63, 3.8) is 0 Å². The molecule has 3 unspecified atom stereocenters. The zero-order valence-electron chi connectivity index (χ0n) is 10.9. The number of amides is 1. The second-order valence-corrected chi connectivity index (χ2v) is 5.67. The fourth-order valence-corrected chi connectivity index (χ4v) is 3.01. The molecule has 18 heavy (non-hydrogen) atoms. The molecule has 1 saturated heterocycles. The summed E-state index contributed by atoms with van der Waals surface area (Å²) in [5.74, 6) is -1.25. The second kappa shape index (κ2) is 5.26. The number of carboxylic acid groups (broad SMARTS) is 1. The van der Waals surface area contributed by atoms with E-state index >= 15 is 0 Å². The molecule has 0 aromatic rings. The zero-order chi connectivity index (χ0) is 13.2. The third kappa shape index (κ3) is 2.66. The van der Waals surface area contributed by atoms with Crippen LogP contribution in [0.15, 0.2) is 0 Å². The Morgan fingerprint density at radius 3 is 2.67 bits per heavy atom. The minimum atomic E-state index is -0.792. The Kier molecular flexibility index (Phi) is 3.90. The first kappa shape index (κ1) is 13.3. The summed E-state index contributed by atoms with van der Waals surface area (Å²) in [7, 11) is 0. The Hall–Kier alpha value is -1.10. The summed E-state index contributed by atoms with van der Waals surface area (Å²) in [6, 6.07) is -0.199.